The van der Waals surface area contributed by atoms with Crippen molar-refractivity contribution in [3.63, 3.8) is 0 Å². The Kier molecular flexibility index (Phi) is 4.53. The lowest BCUT2D eigenvalue weighted by atomic mass is 9.75. The van der Waals surface area contributed by atoms with Crippen LogP contribution >= 0.6 is 0 Å². The van der Waals surface area contributed by atoms with Crippen molar-refractivity contribution in [2.75, 3.05) is 26.3 Å². The summed E-state index contributed by atoms with van der Waals surface area (Å²) in [5.41, 5.74) is 0.974. The van der Waals surface area contributed by atoms with Gasteiger partial charge in [0.2, 0.25) is 0 Å². The molecule has 2 heterocycles. The quantitative estimate of drug-likeness (QED) is 0.797. The third-order valence-electron chi connectivity index (χ3n) is 5.11. The number of halogens is 1. The van der Waals surface area contributed by atoms with Gasteiger partial charge in [-0.05, 0) is 50.9 Å². The smallest absolute Gasteiger partial charge is 0.399 e. The van der Waals surface area contributed by atoms with E-state index in [1.807, 2.05) is 33.8 Å². The Labute approximate surface area is 138 Å². The van der Waals surface area contributed by atoms with Crippen molar-refractivity contribution in [2.24, 2.45) is 0 Å². The van der Waals surface area contributed by atoms with E-state index < -0.39 is 18.3 Å². The predicted molar refractivity (Wildman–Crippen MR) is 88.2 cm³/mol. The topological polar surface area (TPSA) is 30.9 Å². The normalized spacial score (nSPS) is 24.1. The Morgan fingerprint density at radius 3 is 2.30 bits per heavy atom. The zero-order valence-corrected chi connectivity index (χ0v) is 14.4. The second-order valence-corrected chi connectivity index (χ2v) is 7.32. The highest BCUT2D eigenvalue weighted by Gasteiger charge is 2.52. The molecule has 6 heteroatoms. The van der Waals surface area contributed by atoms with Gasteiger partial charge in [0.15, 0.2) is 0 Å². The second kappa shape index (κ2) is 6.17. The molecular formula is C17H25BFNO3. The van der Waals surface area contributed by atoms with Crippen molar-refractivity contribution in [1.29, 1.82) is 0 Å². The molecule has 0 aromatic heterocycles. The molecule has 4 nitrogen and oxygen atoms in total. The average molecular weight is 321 g/mol. The minimum atomic E-state index is -0.535. The number of rotatable bonds is 3. The van der Waals surface area contributed by atoms with Crippen molar-refractivity contribution in [2.45, 2.75) is 45.4 Å². The maximum Gasteiger partial charge on any atom is 0.495 e. The van der Waals surface area contributed by atoms with Gasteiger partial charge in [0.25, 0.3) is 0 Å². The highest BCUT2D eigenvalue weighted by molar-refractivity contribution is 6.62. The van der Waals surface area contributed by atoms with Gasteiger partial charge < -0.3 is 14.0 Å². The summed E-state index contributed by atoms with van der Waals surface area (Å²) < 4.78 is 31.4. The maximum atomic E-state index is 13.8. The zero-order valence-electron chi connectivity index (χ0n) is 14.4. The van der Waals surface area contributed by atoms with Crippen LogP contribution in [0.1, 0.15) is 33.3 Å². The first-order chi connectivity index (χ1) is 10.8. The van der Waals surface area contributed by atoms with Crippen LogP contribution in [0.25, 0.3) is 0 Å². The van der Waals surface area contributed by atoms with E-state index in [4.69, 9.17) is 14.0 Å². The first kappa shape index (κ1) is 16.9. The Balaban J connectivity index is 1.85. The van der Waals surface area contributed by atoms with Crippen LogP contribution in [0.3, 0.4) is 0 Å². The fourth-order valence-corrected chi connectivity index (χ4v) is 2.90. The molecule has 0 atom stereocenters. The Bertz CT molecular complexity index is 557. The van der Waals surface area contributed by atoms with Crippen molar-refractivity contribution in [3.8, 4) is 0 Å². The Morgan fingerprint density at radius 1 is 1.09 bits per heavy atom. The van der Waals surface area contributed by atoms with E-state index in [9.17, 15) is 4.39 Å². The van der Waals surface area contributed by atoms with E-state index in [1.54, 1.807) is 0 Å². The summed E-state index contributed by atoms with van der Waals surface area (Å²) in [4.78, 5) is 2.31. The van der Waals surface area contributed by atoms with Gasteiger partial charge in [0.05, 0.1) is 24.4 Å². The standard InChI is InChI=1S/C17H25BFNO3/c1-16(2)17(3,4)23-18(22-16)15-11-14(19)6-5-13(15)12-20-7-9-21-10-8-20/h5-6,11H,7-10,12H2,1-4H3. The maximum absolute atomic E-state index is 13.8. The molecule has 0 N–H and O–H groups in total. The van der Waals surface area contributed by atoms with Gasteiger partial charge in [0.1, 0.15) is 5.82 Å². The molecule has 0 saturated carbocycles. The van der Waals surface area contributed by atoms with E-state index in [0.717, 1.165) is 43.9 Å². The summed E-state index contributed by atoms with van der Waals surface area (Å²) in [6, 6.07) is 4.88. The summed E-state index contributed by atoms with van der Waals surface area (Å²) in [5.74, 6) is -0.263. The van der Waals surface area contributed by atoms with Crippen LogP contribution in [0.15, 0.2) is 18.2 Å². The molecule has 0 unspecified atom stereocenters. The van der Waals surface area contributed by atoms with E-state index in [2.05, 4.69) is 4.90 Å². The molecule has 0 radical (unpaired) electrons. The van der Waals surface area contributed by atoms with Gasteiger partial charge in [-0.2, -0.15) is 0 Å². The number of ether oxygens (including phenoxy) is 1. The van der Waals surface area contributed by atoms with E-state index in [0.29, 0.717) is 0 Å². The molecule has 23 heavy (non-hydrogen) atoms. The molecule has 2 aliphatic heterocycles. The average Bonchev–Trinajstić information content (AvgIpc) is 2.70. The first-order valence-electron chi connectivity index (χ1n) is 8.22. The molecule has 0 spiro atoms. The van der Waals surface area contributed by atoms with E-state index >= 15 is 0 Å². The van der Waals surface area contributed by atoms with Crippen LogP contribution in [-0.4, -0.2) is 49.5 Å². The molecule has 126 valence electrons. The molecule has 2 saturated heterocycles. The molecular weight excluding hydrogens is 296 g/mol. The summed E-state index contributed by atoms with van der Waals surface area (Å²) in [6.07, 6.45) is 0. The van der Waals surface area contributed by atoms with Gasteiger partial charge in [0, 0.05) is 19.6 Å². The lowest BCUT2D eigenvalue weighted by Crippen LogP contribution is -2.41. The van der Waals surface area contributed by atoms with Crippen molar-refractivity contribution in [1.82, 2.24) is 4.90 Å². The summed E-state index contributed by atoms with van der Waals surface area (Å²) in [7, 11) is -0.535. The van der Waals surface area contributed by atoms with Gasteiger partial charge in [-0.15, -0.1) is 0 Å². The third-order valence-corrected chi connectivity index (χ3v) is 5.11. The molecule has 1 aromatic carbocycles. The molecule has 1 aromatic rings. The third kappa shape index (κ3) is 3.45. The minimum absolute atomic E-state index is 0.263. The summed E-state index contributed by atoms with van der Waals surface area (Å²) >= 11 is 0. The Morgan fingerprint density at radius 2 is 1.70 bits per heavy atom. The fourth-order valence-electron chi connectivity index (χ4n) is 2.90. The van der Waals surface area contributed by atoms with Crippen LogP contribution in [-0.2, 0) is 20.6 Å². The molecule has 0 amide bonds. The number of morpholine rings is 1. The largest absolute Gasteiger partial charge is 0.495 e. The second-order valence-electron chi connectivity index (χ2n) is 7.32. The van der Waals surface area contributed by atoms with Crippen LogP contribution in [0.5, 0.6) is 0 Å². The van der Waals surface area contributed by atoms with Gasteiger partial charge in [-0.1, -0.05) is 6.07 Å². The molecule has 3 rings (SSSR count). The molecule has 2 fully saturated rings. The Hall–Kier alpha value is -0.945. The number of benzene rings is 1. The number of hydrogen-bond acceptors (Lipinski definition) is 4. The highest BCUT2D eigenvalue weighted by atomic mass is 19.1. The molecule has 0 bridgehead atoms. The monoisotopic (exact) mass is 321 g/mol. The lowest BCUT2D eigenvalue weighted by molar-refractivity contribution is 0.00578. The van der Waals surface area contributed by atoms with E-state index in [-0.39, 0.29) is 5.82 Å². The lowest BCUT2D eigenvalue weighted by Gasteiger charge is -2.32. The van der Waals surface area contributed by atoms with Crippen molar-refractivity contribution >= 4 is 12.6 Å². The number of hydrogen-bond donors (Lipinski definition) is 0. The van der Waals surface area contributed by atoms with Crippen LogP contribution in [0.4, 0.5) is 4.39 Å². The van der Waals surface area contributed by atoms with Crippen LogP contribution < -0.4 is 5.46 Å². The summed E-state index contributed by atoms with van der Waals surface area (Å²) in [6.45, 7) is 12.0. The summed E-state index contributed by atoms with van der Waals surface area (Å²) in [5, 5.41) is 0. The van der Waals surface area contributed by atoms with E-state index in [1.165, 1.54) is 12.1 Å². The van der Waals surface area contributed by atoms with Gasteiger partial charge in [-0.3, -0.25) is 4.90 Å². The van der Waals surface area contributed by atoms with Gasteiger partial charge >= 0.3 is 7.12 Å². The van der Waals surface area contributed by atoms with Gasteiger partial charge in [-0.25, -0.2) is 4.39 Å². The minimum Gasteiger partial charge on any atom is -0.399 e. The molecule has 2 aliphatic rings. The number of nitrogens with zero attached hydrogens (tertiary/aromatic N) is 1. The predicted octanol–water partition coefficient (Wildman–Crippen LogP) is 1.96. The van der Waals surface area contributed by atoms with Crippen molar-refractivity contribution in [3.05, 3.63) is 29.6 Å². The molecule has 0 aliphatic carbocycles. The van der Waals surface area contributed by atoms with Crippen molar-refractivity contribution < 1.29 is 18.4 Å². The zero-order chi connectivity index (χ0) is 16.7. The SMILES string of the molecule is CC1(C)OB(c2cc(F)ccc2CN2CCOCC2)OC1(C)C. The first-order valence-corrected chi connectivity index (χ1v) is 8.22. The highest BCUT2D eigenvalue weighted by Crippen LogP contribution is 2.36. The van der Waals surface area contributed by atoms with Crippen LogP contribution in [0.2, 0.25) is 0 Å². The van der Waals surface area contributed by atoms with Crippen LogP contribution in [0, 0.1) is 5.82 Å². The fraction of sp³-hybridized carbons (Fsp3) is 0.647.